The largest absolute Gasteiger partial charge is 0.480 e. The van der Waals surface area contributed by atoms with Crippen molar-refractivity contribution in [1.82, 2.24) is 19.8 Å². The standard InChI is InChI=1S/C11H17N5O4/c1-13-3-5-15(7-10(18)19)9(17)6-16-4-2-8(12)14-11(16)20/h2,4,13H,3,5-7H2,1H3,(H,18,19)(H2,12,14,20). The Morgan fingerprint density at radius 2 is 2.25 bits per heavy atom. The average Bonchev–Trinajstić information content (AvgIpc) is 2.37. The fourth-order valence-corrected chi connectivity index (χ4v) is 1.51. The third-order valence-electron chi connectivity index (χ3n) is 2.51. The zero-order chi connectivity index (χ0) is 15.1. The van der Waals surface area contributed by atoms with Gasteiger partial charge in [0.25, 0.3) is 0 Å². The van der Waals surface area contributed by atoms with Gasteiger partial charge in [0.15, 0.2) is 0 Å². The lowest BCUT2D eigenvalue weighted by Gasteiger charge is -2.20. The van der Waals surface area contributed by atoms with E-state index in [1.54, 1.807) is 7.05 Å². The summed E-state index contributed by atoms with van der Waals surface area (Å²) in [6.07, 6.45) is 1.35. The first-order valence-electron chi connectivity index (χ1n) is 5.91. The van der Waals surface area contributed by atoms with Crippen LogP contribution >= 0.6 is 0 Å². The summed E-state index contributed by atoms with van der Waals surface area (Å²) in [5, 5.41) is 11.6. The quantitative estimate of drug-likeness (QED) is 0.525. The number of nitrogens with one attached hydrogen (secondary N) is 1. The molecule has 110 valence electrons. The molecule has 0 bridgehead atoms. The van der Waals surface area contributed by atoms with Gasteiger partial charge in [-0.05, 0) is 13.1 Å². The van der Waals surface area contributed by atoms with E-state index in [-0.39, 0.29) is 18.9 Å². The summed E-state index contributed by atoms with van der Waals surface area (Å²) in [6, 6.07) is 1.39. The van der Waals surface area contributed by atoms with E-state index in [9.17, 15) is 14.4 Å². The van der Waals surface area contributed by atoms with Crippen molar-refractivity contribution in [3.05, 3.63) is 22.7 Å². The molecule has 9 heteroatoms. The Morgan fingerprint density at radius 3 is 2.80 bits per heavy atom. The van der Waals surface area contributed by atoms with E-state index in [1.807, 2.05) is 0 Å². The van der Waals surface area contributed by atoms with Gasteiger partial charge in [0.2, 0.25) is 5.91 Å². The summed E-state index contributed by atoms with van der Waals surface area (Å²) >= 11 is 0. The molecule has 4 N–H and O–H groups in total. The molecule has 1 rings (SSSR count). The lowest BCUT2D eigenvalue weighted by molar-refractivity contribution is -0.144. The van der Waals surface area contributed by atoms with E-state index in [4.69, 9.17) is 10.8 Å². The van der Waals surface area contributed by atoms with Gasteiger partial charge in [0, 0.05) is 19.3 Å². The molecule has 0 aromatic carbocycles. The van der Waals surface area contributed by atoms with Crippen LogP contribution in [0.25, 0.3) is 0 Å². The molecule has 0 aliphatic carbocycles. The molecule has 0 aliphatic heterocycles. The fraction of sp³-hybridized carbons (Fsp3) is 0.455. The molecule has 0 spiro atoms. The minimum Gasteiger partial charge on any atom is -0.480 e. The third-order valence-corrected chi connectivity index (χ3v) is 2.51. The van der Waals surface area contributed by atoms with Crippen LogP contribution in [-0.4, -0.2) is 58.1 Å². The van der Waals surface area contributed by atoms with E-state index in [2.05, 4.69) is 10.3 Å². The first-order chi connectivity index (χ1) is 9.43. The molecule has 0 saturated carbocycles. The van der Waals surface area contributed by atoms with Gasteiger partial charge in [0.05, 0.1) is 0 Å². The Kier molecular flexibility index (Phi) is 5.66. The maximum Gasteiger partial charge on any atom is 0.349 e. The number of hydrogen-bond donors (Lipinski definition) is 3. The van der Waals surface area contributed by atoms with E-state index in [1.165, 1.54) is 12.3 Å². The second kappa shape index (κ2) is 7.24. The summed E-state index contributed by atoms with van der Waals surface area (Å²) in [5.74, 6) is -1.52. The van der Waals surface area contributed by atoms with Crippen molar-refractivity contribution in [2.75, 3.05) is 32.4 Å². The van der Waals surface area contributed by atoms with Crippen molar-refractivity contribution in [3.63, 3.8) is 0 Å². The van der Waals surface area contributed by atoms with Crippen LogP contribution < -0.4 is 16.7 Å². The zero-order valence-electron chi connectivity index (χ0n) is 11.1. The van der Waals surface area contributed by atoms with Crippen LogP contribution in [0.3, 0.4) is 0 Å². The Hall–Kier alpha value is -2.42. The Labute approximate surface area is 115 Å². The fourth-order valence-electron chi connectivity index (χ4n) is 1.51. The average molecular weight is 283 g/mol. The number of carboxylic acids is 1. The Bertz CT molecular complexity index is 542. The van der Waals surface area contributed by atoms with Crippen molar-refractivity contribution in [2.45, 2.75) is 6.54 Å². The number of amides is 1. The normalized spacial score (nSPS) is 10.2. The smallest absolute Gasteiger partial charge is 0.349 e. The number of carbonyl (C=O) groups excluding carboxylic acids is 1. The zero-order valence-corrected chi connectivity index (χ0v) is 11.1. The first kappa shape index (κ1) is 15.6. The van der Waals surface area contributed by atoms with Gasteiger partial charge in [-0.25, -0.2) is 4.79 Å². The number of aromatic nitrogens is 2. The number of nitrogens with two attached hydrogens (primary N) is 1. The molecule has 1 amide bonds. The van der Waals surface area contributed by atoms with Crippen molar-refractivity contribution in [2.24, 2.45) is 0 Å². The SMILES string of the molecule is CNCCN(CC(=O)O)C(=O)Cn1ccc(N)nc1=O. The number of carbonyl (C=O) groups is 2. The Balaban J connectivity index is 2.78. The molecular formula is C11H17N5O4. The van der Waals surface area contributed by atoms with Crippen LogP contribution in [0.2, 0.25) is 0 Å². The molecule has 0 atom stereocenters. The van der Waals surface area contributed by atoms with Gasteiger partial charge < -0.3 is 21.1 Å². The van der Waals surface area contributed by atoms with Crippen molar-refractivity contribution in [3.8, 4) is 0 Å². The molecule has 9 nitrogen and oxygen atoms in total. The molecule has 0 aliphatic rings. The number of carboxylic acid groups (broad SMARTS) is 1. The van der Waals surface area contributed by atoms with Gasteiger partial charge in [-0.15, -0.1) is 0 Å². The summed E-state index contributed by atoms with van der Waals surface area (Å²) in [4.78, 5) is 38.9. The van der Waals surface area contributed by atoms with Gasteiger partial charge in [-0.2, -0.15) is 4.98 Å². The molecular weight excluding hydrogens is 266 g/mol. The van der Waals surface area contributed by atoms with Gasteiger partial charge in [-0.3, -0.25) is 14.2 Å². The maximum absolute atomic E-state index is 12.0. The summed E-state index contributed by atoms with van der Waals surface area (Å²) in [6.45, 7) is -0.00648. The molecule has 0 saturated heterocycles. The van der Waals surface area contributed by atoms with E-state index < -0.39 is 24.1 Å². The molecule has 1 aromatic heterocycles. The topological polar surface area (TPSA) is 131 Å². The molecule has 20 heavy (non-hydrogen) atoms. The van der Waals surface area contributed by atoms with Crippen LogP contribution in [0.15, 0.2) is 17.1 Å². The van der Waals surface area contributed by atoms with Crippen LogP contribution in [0.4, 0.5) is 5.82 Å². The number of rotatable bonds is 7. The van der Waals surface area contributed by atoms with Crippen LogP contribution in [0.5, 0.6) is 0 Å². The highest BCUT2D eigenvalue weighted by Crippen LogP contribution is 1.95. The molecule has 1 aromatic rings. The maximum atomic E-state index is 12.0. The number of nitrogens with zero attached hydrogens (tertiary/aromatic N) is 3. The van der Waals surface area contributed by atoms with Gasteiger partial charge >= 0.3 is 11.7 Å². The van der Waals surface area contributed by atoms with E-state index in [0.717, 1.165) is 9.47 Å². The Morgan fingerprint density at radius 1 is 1.55 bits per heavy atom. The van der Waals surface area contributed by atoms with Crippen LogP contribution in [-0.2, 0) is 16.1 Å². The van der Waals surface area contributed by atoms with Gasteiger partial charge in [-0.1, -0.05) is 0 Å². The van der Waals surface area contributed by atoms with E-state index in [0.29, 0.717) is 6.54 Å². The highest BCUT2D eigenvalue weighted by molar-refractivity contribution is 5.81. The third kappa shape index (κ3) is 4.69. The lowest BCUT2D eigenvalue weighted by Crippen LogP contribution is -2.42. The summed E-state index contributed by atoms with van der Waals surface area (Å²) in [7, 11) is 1.69. The van der Waals surface area contributed by atoms with Gasteiger partial charge in [0.1, 0.15) is 18.9 Å². The predicted octanol–water partition coefficient (Wildman–Crippen LogP) is -2.04. The number of hydrogen-bond acceptors (Lipinski definition) is 6. The minimum absolute atomic E-state index is 0.0660. The predicted molar refractivity (Wildman–Crippen MR) is 71.1 cm³/mol. The first-order valence-corrected chi connectivity index (χ1v) is 5.91. The monoisotopic (exact) mass is 283 g/mol. The summed E-state index contributed by atoms with van der Waals surface area (Å²) in [5.41, 5.74) is 4.69. The minimum atomic E-state index is -1.11. The number of likely N-dealkylation sites (N-methyl/N-ethyl adjacent to an activating group) is 1. The lowest BCUT2D eigenvalue weighted by atomic mass is 10.4. The number of anilines is 1. The van der Waals surface area contributed by atoms with Crippen molar-refractivity contribution < 1.29 is 14.7 Å². The van der Waals surface area contributed by atoms with Crippen molar-refractivity contribution in [1.29, 1.82) is 0 Å². The number of nitrogen functional groups attached to an aromatic ring is 1. The summed E-state index contributed by atoms with van der Waals surface area (Å²) < 4.78 is 1.08. The molecule has 0 unspecified atom stereocenters. The molecule has 0 fully saturated rings. The number of aliphatic carboxylic acids is 1. The highest BCUT2D eigenvalue weighted by atomic mass is 16.4. The molecule has 1 heterocycles. The van der Waals surface area contributed by atoms with Crippen molar-refractivity contribution >= 4 is 17.7 Å². The van der Waals surface area contributed by atoms with Crippen LogP contribution in [0, 0.1) is 0 Å². The van der Waals surface area contributed by atoms with E-state index >= 15 is 0 Å². The second-order valence-electron chi connectivity index (χ2n) is 4.08. The van der Waals surface area contributed by atoms with Crippen LogP contribution in [0.1, 0.15) is 0 Å². The highest BCUT2D eigenvalue weighted by Gasteiger charge is 2.17. The molecule has 0 radical (unpaired) electrons. The second-order valence-corrected chi connectivity index (χ2v) is 4.08.